The van der Waals surface area contributed by atoms with E-state index in [2.05, 4.69) is 20.1 Å². The first-order chi connectivity index (χ1) is 25.1. The van der Waals surface area contributed by atoms with Gasteiger partial charge in [0.15, 0.2) is 5.79 Å². The molecule has 3 N–H and O–H groups in total. The Bertz CT molecular complexity index is 1380. The molecule has 10 fully saturated rings. The van der Waals surface area contributed by atoms with Crippen molar-refractivity contribution in [3.8, 4) is 0 Å². The number of Topliss-reactive ketones (excluding diaryl/α,β-unsaturated/α-hetero) is 1. The normalized spacial score (nSPS) is 52.4. The molecule has 12 nitrogen and oxygen atoms in total. The molecule has 10 aliphatic heterocycles. The van der Waals surface area contributed by atoms with E-state index >= 15 is 0 Å². The second-order valence-electron chi connectivity index (χ2n) is 17.4. The van der Waals surface area contributed by atoms with Crippen molar-refractivity contribution in [3.05, 3.63) is 24.3 Å². The van der Waals surface area contributed by atoms with E-state index < -0.39 is 18.0 Å². The van der Waals surface area contributed by atoms with Crippen molar-refractivity contribution in [3.63, 3.8) is 0 Å². The SMILES string of the molecule is C=C1C[C@H]2CC[C@@]34C[C@H]5O[C@H]6[C@@H](O3)[C@H]3O[C@H](CC[C@@H]3O[C@H]6[C@H]5O4)CC(=O)C[C@@H]3[C@@H](OC)[C@@H](C[C@H](O)CN)O[C@H]3C[C@H]3O[C@@H](CC[C@@H]1O2)C[C@@H](C)C3=C. The van der Waals surface area contributed by atoms with Crippen LogP contribution < -0.4 is 5.73 Å². The molecule has 19 atom stereocenters. The number of aliphatic hydroxyl groups is 1. The molecule has 0 aromatic heterocycles. The van der Waals surface area contributed by atoms with Gasteiger partial charge in [0, 0.05) is 58.1 Å². The van der Waals surface area contributed by atoms with Crippen LogP contribution in [0.25, 0.3) is 0 Å². The van der Waals surface area contributed by atoms with Gasteiger partial charge in [0.05, 0.1) is 67.1 Å². The Morgan fingerprint density at radius 3 is 2.38 bits per heavy atom. The van der Waals surface area contributed by atoms with Crippen molar-refractivity contribution < 1.29 is 52.5 Å². The number of ether oxygens (including phenoxy) is 9. The number of hydrogen-bond donors (Lipinski definition) is 2. The van der Waals surface area contributed by atoms with Gasteiger partial charge in [-0.25, -0.2) is 0 Å². The Kier molecular flexibility index (Phi) is 10.0. The number of carbonyl (C=O) groups is 1. The number of rotatable bonds is 4. The molecule has 0 aromatic rings. The maximum absolute atomic E-state index is 14.1. The van der Waals surface area contributed by atoms with Crippen molar-refractivity contribution >= 4 is 5.78 Å². The second kappa shape index (κ2) is 14.3. The third-order valence-corrected chi connectivity index (χ3v) is 14.0. The molecule has 0 aromatic carbocycles. The molecule has 10 aliphatic rings. The summed E-state index contributed by atoms with van der Waals surface area (Å²) >= 11 is 0. The van der Waals surface area contributed by atoms with Crippen LogP contribution in [0.15, 0.2) is 24.3 Å². The summed E-state index contributed by atoms with van der Waals surface area (Å²) in [6.07, 6.45) is 4.85. The molecule has 12 bridgehead atoms. The monoisotopic (exact) mass is 729 g/mol. The van der Waals surface area contributed by atoms with E-state index in [0.717, 1.165) is 56.1 Å². The second-order valence-corrected chi connectivity index (χ2v) is 17.4. The lowest BCUT2D eigenvalue weighted by Crippen LogP contribution is -2.61. The minimum atomic E-state index is -0.780. The van der Waals surface area contributed by atoms with Gasteiger partial charge in [-0.3, -0.25) is 4.79 Å². The average molecular weight is 730 g/mol. The first-order valence-electron chi connectivity index (χ1n) is 20.2. The Labute approximate surface area is 307 Å². The lowest BCUT2D eigenvalue weighted by Gasteiger charge is -2.47. The van der Waals surface area contributed by atoms with Gasteiger partial charge in [0.1, 0.15) is 36.3 Å². The zero-order valence-electron chi connectivity index (χ0n) is 30.8. The highest BCUT2D eigenvalue weighted by molar-refractivity contribution is 5.79. The first kappa shape index (κ1) is 36.4. The molecule has 1 spiro atoms. The lowest BCUT2D eigenvalue weighted by molar-refractivity contribution is -0.292. The number of fused-ring (bicyclic) bond motifs is 6. The fourth-order valence-corrected chi connectivity index (χ4v) is 11.3. The van der Waals surface area contributed by atoms with Crippen LogP contribution in [0.1, 0.15) is 90.4 Å². The van der Waals surface area contributed by atoms with E-state index in [4.69, 9.17) is 48.4 Å². The predicted molar refractivity (Wildman–Crippen MR) is 186 cm³/mol. The summed E-state index contributed by atoms with van der Waals surface area (Å²) < 4.78 is 60.0. The van der Waals surface area contributed by atoms with Crippen LogP contribution in [0, 0.1) is 11.8 Å². The van der Waals surface area contributed by atoms with Gasteiger partial charge in [0.25, 0.3) is 0 Å². The molecular weight excluding hydrogens is 670 g/mol. The third-order valence-electron chi connectivity index (χ3n) is 14.0. The predicted octanol–water partition coefficient (Wildman–Crippen LogP) is 3.44. The van der Waals surface area contributed by atoms with Crippen LogP contribution in [0.4, 0.5) is 0 Å². The summed E-state index contributed by atoms with van der Waals surface area (Å²) in [6.45, 7) is 11.3. The molecule has 290 valence electrons. The molecule has 10 rings (SSSR count). The maximum Gasteiger partial charge on any atom is 0.172 e. The van der Waals surface area contributed by atoms with Crippen LogP contribution >= 0.6 is 0 Å². The molecule has 10 saturated heterocycles. The number of aliphatic hydroxyl groups excluding tert-OH is 1. The van der Waals surface area contributed by atoms with E-state index in [-0.39, 0.29) is 122 Å². The molecule has 52 heavy (non-hydrogen) atoms. The largest absolute Gasteiger partial charge is 0.392 e. The number of hydrogen-bond acceptors (Lipinski definition) is 12. The van der Waals surface area contributed by atoms with Crippen LogP contribution in [-0.4, -0.2) is 128 Å². The highest BCUT2D eigenvalue weighted by atomic mass is 16.8. The Morgan fingerprint density at radius 2 is 1.56 bits per heavy atom. The van der Waals surface area contributed by atoms with Gasteiger partial charge in [0.2, 0.25) is 0 Å². The Morgan fingerprint density at radius 1 is 0.808 bits per heavy atom. The summed E-state index contributed by atoms with van der Waals surface area (Å²) in [6, 6.07) is 0. The van der Waals surface area contributed by atoms with Crippen LogP contribution in [0.3, 0.4) is 0 Å². The standard InChI is InChI=1S/C40H59NO11/c1-19-11-24-5-7-28-20(2)12-26(45-28)9-10-40-17-33-36(51-40)37-38(50-33)39(52-40)35-29(49-37)8-6-25(47-35)13-22(42)14-27-31(16-30(46-24)21(19)3)48-32(34(27)44-4)15-23(43)18-41/h19,23-39,43H,2-3,5-18,41H2,1,4H3/t19-,23+,24+,25-,26-,27+,28+,29+,30-,31+,32-,33-,34-,35+,36+,37+,38-,39+,40+/m1/s1. The molecule has 0 saturated carbocycles. The molecule has 0 amide bonds. The summed E-state index contributed by atoms with van der Waals surface area (Å²) in [4.78, 5) is 14.1. The highest BCUT2D eigenvalue weighted by Crippen LogP contribution is 2.54. The van der Waals surface area contributed by atoms with Crippen molar-refractivity contribution in [2.24, 2.45) is 17.6 Å². The van der Waals surface area contributed by atoms with Gasteiger partial charge in [-0.15, -0.1) is 0 Å². The van der Waals surface area contributed by atoms with Gasteiger partial charge in [-0.1, -0.05) is 20.1 Å². The number of nitrogens with two attached hydrogens (primary N) is 1. The summed E-state index contributed by atoms with van der Waals surface area (Å²) in [7, 11) is 1.66. The first-order valence-corrected chi connectivity index (χ1v) is 20.2. The van der Waals surface area contributed by atoms with Gasteiger partial charge in [-0.05, 0) is 62.0 Å². The van der Waals surface area contributed by atoms with Crippen LogP contribution in [-0.2, 0) is 47.4 Å². The summed E-state index contributed by atoms with van der Waals surface area (Å²) in [5.74, 6) is -0.619. The molecular formula is C40H59NO11. The average Bonchev–Trinajstić information content (AvgIpc) is 3.79. The smallest absolute Gasteiger partial charge is 0.172 e. The van der Waals surface area contributed by atoms with E-state index in [1.54, 1.807) is 7.11 Å². The molecule has 0 radical (unpaired) electrons. The number of methoxy groups -OCH3 is 1. The van der Waals surface area contributed by atoms with Crippen molar-refractivity contribution in [1.29, 1.82) is 0 Å². The molecule has 0 unspecified atom stereocenters. The maximum atomic E-state index is 14.1. The lowest BCUT2D eigenvalue weighted by atomic mass is 9.81. The third kappa shape index (κ3) is 6.59. The Balaban J connectivity index is 0.994. The molecule has 12 heteroatoms. The number of carbonyl (C=O) groups excluding carboxylic acids is 1. The molecule has 10 heterocycles. The molecule has 0 aliphatic carbocycles. The zero-order chi connectivity index (χ0) is 35.9. The fraction of sp³-hybridized carbons (Fsp3) is 0.875. The zero-order valence-corrected chi connectivity index (χ0v) is 30.8. The number of ketones is 1. The van der Waals surface area contributed by atoms with E-state index in [0.29, 0.717) is 25.7 Å². The van der Waals surface area contributed by atoms with Gasteiger partial charge in [-0.2, -0.15) is 0 Å². The Hall–Kier alpha value is -1.29. The van der Waals surface area contributed by atoms with Crippen molar-refractivity contribution in [1.82, 2.24) is 0 Å². The van der Waals surface area contributed by atoms with E-state index in [9.17, 15) is 9.90 Å². The van der Waals surface area contributed by atoms with Crippen LogP contribution in [0.5, 0.6) is 0 Å². The highest BCUT2D eigenvalue weighted by Gasteiger charge is 2.68. The van der Waals surface area contributed by atoms with Crippen LogP contribution in [0.2, 0.25) is 0 Å². The fourth-order valence-electron chi connectivity index (χ4n) is 11.3. The summed E-state index contributed by atoms with van der Waals surface area (Å²) in [5.41, 5.74) is 8.01. The summed E-state index contributed by atoms with van der Waals surface area (Å²) in [5, 5.41) is 10.5. The minimum absolute atomic E-state index is 0.0158. The van der Waals surface area contributed by atoms with Crippen molar-refractivity contribution in [2.45, 2.75) is 194 Å². The minimum Gasteiger partial charge on any atom is -0.392 e. The van der Waals surface area contributed by atoms with Crippen molar-refractivity contribution in [2.75, 3.05) is 13.7 Å². The topological polar surface area (TPSA) is 146 Å². The quantitative estimate of drug-likeness (QED) is 0.409. The van der Waals surface area contributed by atoms with Gasteiger partial charge < -0.3 is 53.5 Å². The van der Waals surface area contributed by atoms with E-state index in [1.165, 1.54) is 0 Å². The van der Waals surface area contributed by atoms with E-state index in [1.807, 2.05) is 0 Å². The van der Waals surface area contributed by atoms with Gasteiger partial charge >= 0.3 is 0 Å².